The number of piperidine rings is 1. The SMILES string of the molecule is CCOc1cc(C(=O)N2CCC3(CC2)CC(=O)c2cc(-c4ccn[nH]4)ccc2O3)cc(OCC)c1-c1ccc(C(=O)O)cc1. The second kappa shape index (κ2) is 11.9. The number of hydrogen-bond acceptors (Lipinski definition) is 7. The fourth-order valence-electron chi connectivity index (χ4n) is 5.97. The van der Waals surface area contributed by atoms with Crippen molar-refractivity contribution in [2.24, 2.45) is 0 Å². The Morgan fingerprint density at radius 2 is 1.59 bits per heavy atom. The summed E-state index contributed by atoms with van der Waals surface area (Å²) in [5, 5.41) is 16.2. The van der Waals surface area contributed by atoms with Crippen LogP contribution in [0.3, 0.4) is 0 Å². The van der Waals surface area contributed by atoms with E-state index in [-0.39, 0.29) is 23.7 Å². The molecule has 0 unspecified atom stereocenters. The third kappa shape index (κ3) is 5.50. The van der Waals surface area contributed by atoms with E-state index in [4.69, 9.17) is 14.2 Å². The Morgan fingerprint density at radius 1 is 0.932 bits per heavy atom. The monoisotopic (exact) mass is 595 g/mol. The molecule has 1 spiro atoms. The standard InChI is InChI=1S/C34H33N3O7/c1-3-42-29-18-24(19-30(43-4-2)31(29)21-5-7-22(8-6-21)33(40)41)32(39)37-15-12-34(13-16-37)20-27(38)25-17-23(9-10-28(25)44-34)26-11-14-35-36-26/h5-11,14,17-19H,3-4,12-13,15-16,20H2,1-2H3,(H,35,36)(H,40,41). The lowest BCUT2D eigenvalue weighted by atomic mass is 9.82. The average molecular weight is 596 g/mol. The molecule has 0 bridgehead atoms. The van der Waals surface area contributed by atoms with E-state index in [0.29, 0.717) is 73.1 Å². The number of carbonyl (C=O) groups excluding carboxylic acids is 2. The summed E-state index contributed by atoms with van der Waals surface area (Å²) >= 11 is 0. The number of hydrogen-bond donors (Lipinski definition) is 2. The molecule has 6 rings (SSSR count). The largest absolute Gasteiger partial charge is 0.493 e. The molecule has 2 aliphatic rings. The van der Waals surface area contributed by atoms with Crippen LogP contribution in [0.2, 0.25) is 0 Å². The van der Waals surface area contributed by atoms with Crippen LogP contribution >= 0.6 is 0 Å². The van der Waals surface area contributed by atoms with E-state index in [1.54, 1.807) is 35.4 Å². The first-order chi connectivity index (χ1) is 21.3. The van der Waals surface area contributed by atoms with Crippen LogP contribution in [0, 0.1) is 0 Å². The van der Waals surface area contributed by atoms with E-state index < -0.39 is 11.6 Å². The fourth-order valence-corrected chi connectivity index (χ4v) is 5.97. The molecule has 1 aromatic heterocycles. The number of carbonyl (C=O) groups is 3. The number of fused-ring (bicyclic) bond motifs is 1. The van der Waals surface area contributed by atoms with Crippen LogP contribution in [0.1, 0.15) is 64.2 Å². The molecule has 3 aromatic carbocycles. The highest BCUT2D eigenvalue weighted by Crippen LogP contribution is 2.43. The highest BCUT2D eigenvalue weighted by atomic mass is 16.5. The Labute approximate surface area is 254 Å². The zero-order valence-electron chi connectivity index (χ0n) is 24.6. The molecule has 1 saturated heterocycles. The Hall–Kier alpha value is -5.12. The van der Waals surface area contributed by atoms with Crippen LogP contribution in [0.15, 0.2) is 66.9 Å². The highest BCUT2D eigenvalue weighted by molar-refractivity contribution is 6.01. The van der Waals surface area contributed by atoms with E-state index in [1.165, 1.54) is 12.1 Å². The third-order valence-electron chi connectivity index (χ3n) is 8.20. The molecule has 44 heavy (non-hydrogen) atoms. The van der Waals surface area contributed by atoms with Gasteiger partial charge in [-0.15, -0.1) is 0 Å². The maximum absolute atomic E-state index is 13.8. The molecule has 10 nitrogen and oxygen atoms in total. The van der Waals surface area contributed by atoms with Crippen molar-refractivity contribution in [1.82, 2.24) is 15.1 Å². The molecule has 10 heteroatoms. The van der Waals surface area contributed by atoms with Crippen molar-refractivity contribution >= 4 is 17.7 Å². The van der Waals surface area contributed by atoms with Gasteiger partial charge in [0.05, 0.1) is 42.0 Å². The van der Waals surface area contributed by atoms with Gasteiger partial charge in [0.15, 0.2) is 5.78 Å². The molecule has 0 saturated carbocycles. The number of H-pyrrole nitrogens is 1. The number of benzene rings is 3. The number of likely N-dealkylation sites (tertiary alicyclic amines) is 1. The molecule has 1 amide bonds. The fraction of sp³-hybridized carbons (Fsp3) is 0.294. The van der Waals surface area contributed by atoms with Crippen molar-refractivity contribution in [2.45, 2.75) is 38.7 Å². The zero-order chi connectivity index (χ0) is 30.8. The molecule has 0 radical (unpaired) electrons. The minimum atomic E-state index is -1.01. The van der Waals surface area contributed by atoms with E-state index in [0.717, 1.165) is 16.8 Å². The topological polar surface area (TPSA) is 131 Å². The van der Waals surface area contributed by atoms with Crippen molar-refractivity contribution in [3.8, 4) is 39.6 Å². The number of ketones is 1. The summed E-state index contributed by atoms with van der Waals surface area (Å²) in [4.78, 5) is 40.2. The molecule has 2 N–H and O–H groups in total. The lowest BCUT2D eigenvalue weighted by Gasteiger charge is -2.44. The predicted molar refractivity (Wildman–Crippen MR) is 163 cm³/mol. The van der Waals surface area contributed by atoms with Crippen LogP contribution in [0.5, 0.6) is 17.2 Å². The number of nitrogens with zero attached hydrogens (tertiary/aromatic N) is 2. The van der Waals surface area contributed by atoms with Crippen molar-refractivity contribution < 1.29 is 33.7 Å². The number of carboxylic acids is 1. The third-order valence-corrected chi connectivity index (χ3v) is 8.20. The average Bonchev–Trinajstić information content (AvgIpc) is 3.57. The highest BCUT2D eigenvalue weighted by Gasteiger charge is 2.44. The summed E-state index contributed by atoms with van der Waals surface area (Å²) < 4.78 is 18.4. The van der Waals surface area contributed by atoms with Gasteiger partial charge >= 0.3 is 5.97 Å². The second-order valence-corrected chi connectivity index (χ2v) is 11.0. The molecule has 2 aliphatic heterocycles. The molecule has 1 fully saturated rings. The van der Waals surface area contributed by atoms with Gasteiger partial charge in [0.25, 0.3) is 5.91 Å². The van der Waals surface area contributed by atoms with Crippen LogP contribution in [0.25, 0.3) is 22.4 Å². The molecular weight excluding hydrogens is 562 g/mol. The number of carboxylic acid groups (broad SMARTS) is 1. The maximum atomic E-state index is 13.8. The van der Waals surface area contributed by atoms with E-state index in [1.807, 2.05) is 38.1 Å². The first kappa shape index (κ1) is 29.0. The first-order valence-electron chi connectivity index (χ1n) is 14.7. The normalized spacial score (nSPS) is 15.4. The number of amides is 1. The van der Waals surface area contributed by atoms with Gasteiger partial charge in [-0.3, -0.25) is 14.7 Å². The van der Waals surface area contributed by atoms with Crippen molar-refractivity contribution in [2.75, 3.05) is 26.3 Å². The zero-order valence-corrected chi connectivity index (χ0v) is 24.6. The summed E-state index contributed by atoms with van der Waals surface area (Å²) in [6.07, 6.45) is 2.98. The first-order valence-corrected chi connectivity index (χ1v) is 14.7. The minimum Gasteiger partial charge on any atom is -0.493 e. The summed E-state index contributed by atoms with van der Waals surface area (Å²) in [6.45, 7) is 5.31. The lowest BCUT2D eigenvalue weighted by Crippen LogP contribution is -2.52. The Morgan fingerprint density at radius 3 is 2.18 bits per heavy atom. The number of nitrogens with one attached hydrogen (secondary N) is 1. The van der Waals surface area contributed by atoms with Gasteiger partial charge in [-0.2, -0.15) is 5.10 Å². The van der Waals surface area contributed by atoms with Gasteiger partial charge in [0.2, 0.25) is 0 Å². The predicted octanol–water partition coefficient (Wildman–Crippen LogP) is 5.88. The summed E-state index contributed by atoms with van der Waals surface area (Å²) in [5.74, 6) is 0.376. The molecule has 4 aromatic rings. The van der Waals surface area contributed by atoms with Crippen LogP contribution in [0.4, 0.5) is 0 Å². The van der Waals surface area contributed by atoms with Crippen LogP contribution < -0.4 is 14.2 Å². The van der Waals surface area contributed by atoms with Gasteiger partial charge in [-0.05, 0) is 67.9 Å². The number of aromatic carboxylic acids is 1. The van der Waals surface area contributed by atoms with Crippen molar-refractivity contribution in [1.29, 1.82) is 0 Å². The number of ether oxygens (including phenoxy) is 3. The number of Topliss-reactive ketones (excluding diaryl/α,β-unsaturated/α-hetero) is 1. The maximum Gasteiger partial charge on any atom is 0.335 e. The summed E-state index contributed by atoms with van der Waals surface area (Å²) in [7, 11) is 0. The van der Waals surface area contributed by atoms with Crippen molar-refractivity contribution in [3.05, 3.63) is 83.6 Å². The molecular formula is C34H33N3O7. The Bertz CT molecular complexity index is 1680. The molecule has 226 valence electrons. The number of aromatic amines is 1. The second-order valence-electron chi connectivity index (χ2n) is 11.0. The minimum absolute atomic E-state index is 0.0297. The van der Waals surface area contributed by atoms with Gasteiger partial charge in [-0.1, -0.05) is 12.1 Å². The van der Waals surface area contributed by atoms with Gasteiger partial charge in [0.1, 0.15) is 22.8 Å². The molecule has 0 atom stereocenters. The molecule has 3 heterocycles. The van der Waals surface area contributed by atoms with E-state index in [2.05, 4.69) is 10.2 Å². The summed E-state index contributed by atoms with van der Waals surface area (Å²) in [6, 6.07) is 17.3. The Kier molecular flexibility index (Phi) is 7.82. The summed E-state index contributed by atoms with van der Waals surface area (Å²) in [5.41, 5.74) is 3.58. The van der Waals surface area contributed by atoms with Crippen LogP contribution in [-0.2, 0) is 0 Å². The Balaban J connectivity index is 1.22. The van der Waals surface area contributed by atoms with E-state index in [9.17, 15) is 19.5 Å². The van der Waals surface area contributed by atoms with Crippen LogP contribution in [-0.4, -0.2) is 69.8 Å². The number of rotatable bonds is 8. The molecule has 0 aliphatic carbocycles. The smallest absolute Gasteiger partial charge is 0.335 e. The quantitative estimate of drug-likeness (QED) is 0.258. The van der Waals surface area contributed by atoms with Gasteiger partial charge in [-0.25, -0.2) is 4.79 Å². The van der Waals surface area contributed by atoms with Gasteiger partial charge < -0.3 is 24.2 Å². The lowest BCUT2D eigenvalue weighted by molar-refractivity contribution is -0.00573. The van der Waals surface area contributed by atoms with E-state index >= 15 is 0 Å². The number of aromatic nitrogens is 2. The van der Waals surface area contributed by atoms with Crippen molar-refractivity contribution in [3.63, 3.8) is 0 Å². The van der Waals surface area contributed by atoms with Gasteiger partial charge in [0, 0.05) is 43.3 Å².